The van der Waals surface area contributed by atoms with E-state index in [4.69, 9.17) is 5.73 Å². The van der Waals surface area contributed by atoms with Gasteiger partial charge in [0.1, 0.15) is 0 Å². The van der Waals surface area contributed by atoms with Crippen LogP contribution in [0.3, 0.4) is 0 Å². The molecule has 0 saturated heterocycles. The van der Waals surface area contributed by atoms with Crippen LogP contribution >= 0.6 is 0 Å². The van der Waals surface area contributed by atoms with Gasteiger partial charge in [0, 0.05) is 6.04 Å². The van der Waals surface area contributed by atoms with Crippen LogP contribution in [0.1, 0.15) is 52.9 Å². The summed E-state index contributed by atoms with van der Waals surface area (Å²) in [5, 5.41) is 0. The molecule has 2 unspecified atom stereocenters. The van der Waals surface area contributed by atoms with Crippen LogP contribution in [0.2, 0.25) is 0 Å². The fourth-order valence-corrected chi connectivity index (χ4v) is 2.23. The summed E-state index contributed by atoms with van der Waals surface area (Å²) in [6.07, 6.45) is 6.65. The zero-order valence-electron chi connectivity index (χ0n) is 8.77. The molecule has 1 saturated carbocycles. The fraction of sp³-hybridized carbons (Fsp3) is 1.00. The standard InChI is InChI=1S/C11H23N/c1-9-6-4-5-7-11(2,3)8-10(9)12/h9-10H,4-8,12H2,1-3H3. The minimum atomic E-state index is 0.431. The topological polar surface area (TPSA) is 26.0 Å². The summed E-state index contributed by atoms with van der Waals surface area (Å²) in [4.78, 5) is 0. The van der Waals surface area contributed by atoms with Crippen LogP contribution in [0.4, 0.5) is 0 Å². The highest BCUT2D eigenvalue weighted by Gasteiger charge is 2.26. The van der Waals surface area contributed by atoms with Gasteiger partial charge in [-0.25, -0.2) is 0 Å². The van der Waals surface area contributed by atoms with Crippen LogP contribution in [0.25, 0.3) is 0 Å². The molecule has 0 heterocycles. The van der Waals surface area contributed by atoms with E-state index in [2.05, 4.69) is 20.8 Å². The number of nitrogens with two attached hydrogens (primary N) is 1. The molecule has 72 valence electrons. The zero-order valence-corrected chi connectivity index (χ0v) is 8.77. The largest absolute Gasteiger partial charge is 0.327 e. The van der Waals surface area contributed by atoms with E-state index in [-0.39, 0.29) is 0 Å². The van der Waals surface area contributed by atoms with Crippen molar-refractivity contribution in [2.24, 2.45) is 17.1 Å². The van der Waals surface area contributed by atoms with Gasteiger partial charge >= 0.3 is 0 Å². The van der Waals surface area contributed by atoms with Gasteiger partial charge in [-0.2, -0.15) is 0 Å². The van der Waals surface area contributed by atoms with Crippen LogP contribution in [-0.2, 0) is 0 Å². The molecule has 1 aliphatic carbocycles. The van der Waals surface area contributed by atoms with Crippen LogP contribution in [0.5, 0.6) is 0 Å². The molecule has 2 N–H and O–H groups in total. The lowest BCUT2D eigenvalue weighted by Crippen LogP contribution is -2.35. The van der Waals surface area contributed by atoms with Crippen LogP contribution in [0.15, 0.2) is 0 Å². The van der Waals surface area contributed by atoms with Crippen LogP contribution < -0.4 is 5.73 Å². The Bertz CT molecular complexity index is 140. The van der Waals surface area contributed by atoms with E-state index in [1.807, 2.05) is 0 Å². The first kappa shape index (κ1) is 10.0. The summed E-state index contributed by atoms with van der Waals surface area (Å²) in [6.45, 7) is 7.00. The molecule has 1 heteroatoms. The second kappa shape index (κ2) is 3.78. The molecule has 0 aromatic carbocycles. The normalized spacial score (nSPS) is 37.0. The minimum Gasteiger partial charge on any atom is -0.327 e. The SMILES string of the molecule is CC1CCCCC(C)(C)CC1N. The third-order valence-electron chi connectivity index (χ3n) is 3.28. The van der Waals surface area contributed by atoms with Gasteiger partial charge in [0.15, 0.2) is 0 Å². The fourth-order valence-electron chi connectivity index (χ4n) is 2.23. The zero-order chi connectivity index (χ0) is 9.19. The molecule has 0 aliphatic heterocycles. The third kappa shape index (κ3) is 2.78. The highest BCUT2D eigenvalue weighted by molar-refractivity contribution is 4.81. The number of hydrogen-bond acceptors (Lipinski definition) is 1. The first-order valence-corrected chi connectivity index (χ1v) is 5.27. The van der Waals surface area contributed by atoms with Crippen LogP contribution in [-0.4, -0.2) is 6.04 Å². The Morgan fingerprint density at radius 1 is 1.25 bits per heavy atom. The highest BCUT2D eigenvalue weighted by Crippen LogP contribution is 2.34. The van der Waals surface area contributed by atoms with Gasteiger partial charge in [-0.3, -0.25) is 0 Å². The van der Waals surface area contributed by atoms with Crippen molar-refractivity contribution in [3.8, 4) is 0 Å². The maximum atomic E-state index is 6.12. The van der Waals surface area contributed by atoms with Gasteiger partial charge in [-0.15, -0.1) is 0 Å². The molecule has 0 amide bonds. The van der Waals surface area contributed by atoms with Crippen LogP contribution in [0, 0.1) is 11.3 Å². The van der Waals surface area contributed by atoms with E-state index in [0.29, 0.717) is 11.5 Å². The molecule has 1 aliphatic rings. The van der Waals surface area contributed by atoms with E-state index in [0.717, 1.165) is 5.92 Å². The summed E-state index contributed by atoms with van der Waals surface area (Å²) in [7, 11) is 0. The second-order valence-electron chi connectivity index (χ2n) is 5.26. The van der Waals surface area contributed by atoms with Crippen molar-refractivity contribution in [1.29, 1.82) is 0 Å². The van der Waals surface area contributed by atoms with Gasteiger partial charge in [0.05, 0.1) is 0 Å². The first-order valence-electron chi connectivity index (χ1n) is 5.27. The summed E-state index contributed by atoms with van der Waals surface area (Å²) in [5.74, 6) is 0.726. The van der Waals surface area contributed by atoms with E-state index < -0.39 is 0 Å². The lowest BCUT2D eigenvalue weighted by Gasteiger charge is -2.33. The molecule has 1 fully saturated rings. The summed E-state index contributed by atoms with van der Waals surface area (Å²) in [5.41, 5.74) is 6.60. The molecule has 12 heavy (non-hydrogen) atoms. The van der Waals surface area contributed by atoms with Crippen molar-refractivity contribution in [3.63, 3.8) is 0 Å². The molecule has 1 rings (SSSR count). The molecule has 0 spiro atoms. The average Bonchev–Trinajstić information content (AvgIpc) is 1.95. The molecular weight excluding hydrogens is 146 g/mol. The Morgan fingerprint density at radius 3 is 2.58 bits per heavy atom. The summed E-state index contributed by atoms with van der Waals surface area (Å²) < 4.78 is 0. The van der Waals surface area contributed by atoms with Gasteiger partial charge in [-0.05, 0) is 30.6 Å². The molecule has 0 aromatic heterocycles. The molecule has 2 atom stereocenters. The Kier molecular flexibility index (Phi) is 3.16. The summed E-state index contributed by atoms with van der Waals surface area (Å²) in [6, 6.07) is 0.431. The van der Waals surface area contributed by atoms with E-state index >= 15 is 0 Å². The predicted octanol–water partition coefficient (Wildman–Crippen LogP) is 2.94. The molecule has 0 aromatic rings. The minimum absolute atomic E-state index is 0.431. The first-order chi connectivity index (χ1) is 5.51. The predicted molar refractivity (Wildman–Crippen MR) is 54.0 cm³/mol. The van der Waals surface area contributed by atoms with Gasteiger partial charge in [0.25, 0.3) is 0 Å². The third-order valence-corrected chi connectivity index (χ3v) is 3.28. The quantitative estimate of drug-likeness (QED) is 0.593. The van der Waals surface area contributed by atoms with E-state index in [1.54, 1.807) is 0 Å². The van der Waals surface area contributed by atoms with Crippen molar-refractivity contribution in [1.82, 2.24) is 0 Å². The van der Waals surface area contributed by atoms with E-state index in [1.165, 1.54) is 32.1 Å². The van der Waals surface area contributed by atoms with Crippen molar-refractivity contribution >= 4 is 0 Å². The van der Waals surface area contributed by atoms with Gasteiger partial charge in [-0.1, -0.05) is 33.6 Å². The number of rotatable bonds is 0. The second-order valence-corrected chi connectivity index (χ2v) is 5.26. The monoisotopic (exact) mass is 169 g/mol. The van der Waals surface area contributed by atoms with Crippen molar-refractivity contribution in [3.05, 3.63) is 0 Å². The van der Waals surface area contributed by atoms with Gasteiger partial charge < -0.3 is 5.73 Å². The van der Waals surface area contributed by atoms with Crippen molar-refractivity contribution in [2.45, 2.75) is 58.9 Å². The molecule has 1 nitrogen and oxygen atoms in total. The van der Waals surface area contributed by atoms with Crippen molar-refractivity contribution in [2.75, 3.05) is 0 Å². The molecule has 0 bridgehead atoms. The highest BCUT2D eigenvalue weighted by atomic mass is 14.7. The Morgan fingerprint density at radius 2 is 1.92 bits per heavy atom. The molecular formula is C11H23N. The number of hydrogen-bond donors (Lipinski definition) is 1. The van der Waals surface area contributed by atoms with E-state index in [9.17, 15) is 0 Å². The average molecular weight is 169 g/mol. The Balaban J connectivity index is 2.53. The Hall–Kier alpha value is -0.0400. The Labute approximate surface area is 76.7 Å². The smallest absolute Gasteiger partial charge is 0.00696 e. The maximum Gasteiger partial charge on any atom is 0.00696 e. The lowest BCUT2D eigenvalue weighted by atomic mass is 9.75. The summed E-state index contributed by atoms with van der Waals surface area (Å²) >= 11 is 0. The van der Waals surface area contributed by atoms with Gasteiger partial charge in [0.2, 0.25) is 0 Å². The molecule has 0 radical (unpaired) electrons. The lowest BCUT2D eigenvalue weighted by molar-refractivity contribution is 0.212. The maximum absolute atomic E-state index is 6.12. The van der Waals surface area contributed by atoms with Crippen molar-refractivity contribution < 1.29 is 0 Å².